The fourth-order valence-electron chi connectivity index (χ4n) is 3.21. The van der Waals surface area contributed by atoms with Crippen molar-refractivity contribution in [3.63, 3.8) is 0 Å². The third-order valence-corrected chi connectivity index (χ3v) is 7.92. The Morgan fingerprint density at radius 1 is 1.10 bits per heavy atom. The Kier molecular flexibility index (Phi) is 7.11. The summed E-state index contributed by atoms with van der Waals surface area (Å²) in [6.07, 6.45) is -0.670. The number of rotatable bonds is 6. The van der Waals surface area contributed by atoms with Gasteiger partial charge in [-0.15, -0.1) is 11.3 Å². The van der Waals surface area contributed by atoms with Gasteiger partial charge >= 0.3 is 6.09 Å². The lowest BCUT2D eigenvalue weighted by Gasteiger charge is -2.34. The summed E-state index contributed by atoms with van der Waals surface area (Å²) in [5.41, 5.74) is 0.854. The molecule has 0 unspecified atom stereocenters. The number of nitrogens with one attached hydrogen (secondary N) is 1. The maximum Gasteiger partial charge on any atom is 0.407 e. The van der Waals surface area contributed by atoms with E-state index in [-0.39, 0.29) is 45.2 Å². The predicted molar refractivity (Wildman–Crippen MR) is 114 cm³/mol. The SMILES string of the molecule is Cc1cc(S(=O)(=O)N2CCN(C(=O)CNC(=O)OCc3ccccc3)CC2)c(C)s1. The molecule has 2 amide bonds. The lowest BCUT2D eigenvalue weighted by Crippen LogP contribution is -2.52. The first-order valence-corrected chi connectivity index (χ1v) is 11.8. The number of aryl methyl sites for hydroxylation is 2. The van der Waals surface area contributed by atoms with Gasteiger partial charge in [0.1, 0.15) is 13.2 Å². The molecule has 2 aromatic rings. The van der Waals surface area contributed by atoms with Crippen molar-refractivity contribution in [1.29, 1.82) is 0 Å². The second-order valence-corrected chi connectivity index (χ2v) is 10.3. The molecule has 30 heavy (non-hydrogen) atoms. The number of benzene rings is 1. The van der Waals surface area contributed by atoms with Gasteiger partial charge in [0.05, 0.1) is 4.90 Å². The Labute approximate surface area is 180 Å². The van der Waals surface area contributed by atoms with Gasteiger partial charge in [-0.05, 0) is 25.5 Å². The molecule has 0 aliphatic carbocycles. The van der Waals surface area contributed by atoms with Crippen LogP contribution in [-0.4, -0.2) is 62.3 Å². The molecule has 10 heteroatoms. The molecule has 1 aliphatic rings. The summed E-state index contributed by atoms with van der Waals surface area (Å²) >= 11 is 1.45. The maximum atomic E-state index is 12.9. The zero-order valence-corrected chi connectivity index (χ0v) is 18.6. The predicted octanol–water partition coefficient (Wildman–Crippen LogP) is 2.12. The highest BCUT2D eigenvalue weighted by molar-refractivity contribution is 7.89. The first-order valence-electron chi connectivity index (χ1n) is 9.57. The molecule has 8 nitrogen and oxygen atoms in total. The van der Waals surface area contributed by atoms with E-state index >= 15 is 0 Å². The first kappa shape index (κ1) is 22.3. The van der Waals surface area contributed by atoms with Crippen molar-refractivity contribution < 1.29 is 22.7 Å². The maximum absolute atomic E-state index is 12.9. The highest BCUT2D eigenvalue weighted by atomic mass is 32.2. The highest BCUT2D eigenvalue weighted by Gasteiger charge is 2.31. The summed E-state index contributed by atoms with van der Waals surface area (Å²) in [4.78, 5) is 27.7. The normalized spacial score (nSPS) is 15.1. The molecule has 0 bridgehead atoms. The van der Waals surface area contributed by atoms with Gasteiger partial charge in [0.25, 0.3) is 0 Å². The van der Waals surface area contributed by atoms with Gasteiger partial charge in [-0.3, -0.25) is 4.79 Å². The van der Waals surface area contributed by atoms with Crippen LogP contribution in [0.25, 0.3) is 0 Å². The van der Waals surface area contributed by atoms with Crippen molar-refractivity contribution in [1.82, 2.24) is 14.5 Å². The van der Waals surface area contributed by atoms with Gasteiger partial charge in [0, 0.05) is 35.9 Å². The van der Waals surface area contributed by atoms with E-state index in [1.807, 2.05) is 37.3 Å². The molecular formula is C20H25N3O5S2. The number of carbonyl (C=O) groups is 2. The van der Waals surface area contributed by atoms with E-state index in [2.05, 4.69) is 5.32 Å². The second kappa shape index (κ2) is 9.59. The fraction of sp³-hybridized carbons (Fsp3) is 0.400. The van der Waals surface area contributed by atoms with E-state index in [9.17, 15) is 18.0 Å². The number of alkyl carbamates (subject to hydrolysis) is 1. The number of nitrogens with zero attached hydrogens (tertiary/aromatic N) is 2. The quantitative estimate of drug-likeness (QED) is 0.726. The lowest BCUT2D eigenvalue weighted by molar-refractivity contribution is -0.131. The average Bonchev–Trinajstić information content (AvgIpc) is 3.10. The number of ether oxygens (including phenoxy) is 1. The van der Waals surface area contributed by atoms with Crippen molar-refractivity contribution in [3.05, 3.63) is 51.7 Å². The van der Waals surface area contributed by atoms with E-state index in [1.165, 1.54) is 15.6 Å². The number of sulfonamides is 1. The highest BCUT2D eigenvalue weighted by Crippen LogP contribution is 2.28. The molecule has 0 saturated carbocycles. The van der Waals surface area contributed by atoms with Gasteiger partial charge in [-0.25, -0.2) is 13.2 Å². The summed E-state index contributed by atoms with van der Waals surface area (Å²) < 4.78 is 32.2. The van der Waals surface area contributed by atoms with Gasteiger partial charge in [-0.1, -0.05) is 30.3 Å². The van der Waals surface area contributed by atoms with Gasteiger partial charge in [0.15, 0.2) is 0 Å². The Hall–Kier alpha value is -2.43. The number of thiophene rings is 1. The largest absolute Gasteiger partial charge is 0.445 e. The van der Waals surface area contributed by atoms with Crippen LogP contribution in [-0.2, 0) is 26.2 Å². The Morgan fingerprint density at radius 2 is 1.77 bits per heavy atom. The number of piperazine rings is 1. The van der Waals surface area contributed by atoms with E-state index in [0.29, 0.717) is 4.90 Å². The van der Waals surface area contributed by atoms with Crippen LogP contribution in [0, 0.1) is 13.8 Å². The van der Waals surface area contributed by atoms with Crippen molar-refractivity contribution in [2.24, 2.45) is 0 Å². The summed E-state index contributed by atoms with van der Waals surface area (Å²) in [5, 5.41) is 2.44. The molecule has 0 atom stereocenters. The molecule has 1 saturated heterocycles. The molecule has 1 aromatic carbocycles. The fourth-order valence-corrected chi connectivity index (χ4v) is 6.16. The summed E-state index contributed by atoms with van der Waals surface area (Å²) in [7, 11) is -3.56. The van der Waals surface area contributed by atoms with Crippen LogP contribution in [0.4, 0.5) is 4.79 Å². The number of amides is 2. The van der Waals surface area contributed by atoms with Crippen molar-refractivity contribution >= 4 is 33.4 Å². The van der Waals surface area contributed by atoms with Crippen LogP contribution in [0.15, 0.2) is 41.3 Å². The van der Waals surface area contributed by atoms with E-state index in [4.69, 9.17) is 4.74 Å². The molecule has 0 spiro atoms. The van der Waals surface area contributed by atoms with Crippen LogP contribution < -0.4 is 5.32 Å². The van der Waals surface area contributed by atoms with Crippen molar-refractivity contribution in [3.8, 4) is 0 Å². The number of hydrogen-bond acceptors (Lipinski definition) is 6. The Morgan fingerprint density at radius 3 is 2.37 bits per heavy atom. The monoisotopic (exact) mass is 451 g/mol. The minimum Gasteiger partial charge on any atom is -0.445 e. The molecule has 3 rings (SSSR count). The molecule has 2 heterocycles. The third-order valence-electron chi connectivity index (χ3n) is 4.80. The average molecular weight is 452 g/mol. The van der Waals surface area contributed by atoms with Crippen LogP contribution in [0.3, 0.4) is 0 Å². The van der Waals surface area contributed by atoms with Crippen LogP contribution >= 0.6 is 11.3 Å². The van der Waals surface area contributed by atoms with Crippen LogP contribution in [0.2, 0.25) is 0 Å². The molecule has 1 N–H and O–H groups in total. The first-order chi connectivity index (χ1) is 14.3. The summed E-state index contributed by atoms with van der Waals surface area (Å²) in [6.45, 7) is 4.61. The molecule has 0 radical (unpaired) electrons. The standard InChI is InChI=1S/C20H25N3O5S2/c1-15-12-18(16(2)29-15)30(26,27)23-10-8-22(9-11-23)19(24)13-21-20(25)28-14-17-6-4-3-5-7-17/h3-7,12H,8-11,13-14H2,1-2H3,(H,21,25). The smallest absolute Gasteiger partial charge is 0.407 e. The van der Waals surface area contributed by atoms with Crippen molar-refractivity contribution in [2.75, 3.05) is 32.7 Å². The summed E-state index contributed by atoms with van der Waals surface area (Å²) in [5.74, 6) is -0.272. The minimum atomic E-state index is -3.56. The van der Waals surface area contributed by atoms with Crippen LogP contribution in [0.1, 0.15) is 15.3 Å². The summed E-state index contributed by atoms with van der Waals surface area (Å²) in [6, 6.07) is 10.9. The van der Waals surface area contributed by atoms with Crippen LogP contribution in [0.5, 0.6) is 0 Å². The number of hydrogen-bond donors (Lipinski definition) is 1. The van der Waals surface area contributed by atoms with E-state index < -0.39 is 16.1 Å². The molecule has 1 aliphatic heterocycles. The minimum absolute atomic E-state index is 0.124. The Bertz CT molecular complexity index is 997. The second-order valence-electron chi connectivity index (χ2n) is 6.98. The third kappa shape index (κ3) is 5.38. The van der Waals surface area contributed by atoms with Gasteiger partial charge in [-0.2, -0.15) is 4.31 Å². The molecule has 1 aromatic heterocycles. The van der Waals surface area contributed by atoms with Gasteiger partial charge in [0.2, 0.25) is 15.9 Å². The van der Waals surface area contributed by atoms with E-state index in [0.717, 1.165) is 15.3 Å². The Balaban J connectivity index is 1.45. The lowest BCUT2D eigenvalue weighted by atomic mass is 10.2. The van der Waals surface area contributed by atoms with Gasteiger partial charge < -0.3 is 15.0 Å². The zero-order chi connectivity index (χ0) is 21.7. The van der Waals surface area contributed by atoms with Crippen molar-refractivity contribution in [2.45, 2.75) is 25.3 Å². The number of carbonyl (C=O) groups excluding carboxylic acids is 2. The molecule has 1 fully saturated rings. The topological polar surface area (TPSA) is 96.0 Å². The molecular weight excluding hydrogens is 426 g/mol. The zero-order valence-electron chi connectivity index (χ0n) is 17.0. The molecule has 162 valence electrons. The van der Waals surface area contributed by atoms with E-state index in [1.54, 1.807) is 17.9 Å².